The summed E-state index contributed by atoms with van der Waals surface area (Å²) in [4.78, 5) is 0. The molecule has 0 saturated heterocycles. The van der Waals surface area contributed by atoms with Crippen LogP contribution in [0.4, 0.5) is 8.78 Å². The number of rotatable bonds is 6. The molecule has 0 heterocycles. The molecule has 0 aliphatic carbocycles. The van der Waals surface area contributed by atoms with Crippen LogP contribution in [-0.4, -0.2) is 6.26 Å². The predicted octanol–water partition coefficient (Wildman–Crippen LogP) is 6.95. The summed E-state index contributed by atoms with van der Waals surface area (Å²) >= 11 is 8.14. The lowest BCUT2D eigenvalue weighted by molar-refractivity contribution is 0.464. The van der Waals surface area contributed by atoms with Gasteiger partial charge in [0.1, 0.15) is 0 Å². The lowest BCUT2D eigenvalue weighted by atomic mass is 9.79. The third-order valence-electron chi connectivity index (χ3n) is 4.61. The molecule has 24 heavy (non-hydrogen) atoms. The molecule has 0 bridgehead atoms. The summed E-state index contributed by atoms with van der Waals surface area (Å²) in [5.74, 6) is -1.61. The Morgan fingerprint density at radius 3 is 2.42 bits per heavy atom. The molecule has 4 heteroatoms. The Morgan fingerprint density at radius 1 is 1.08 bits per heavy atom. The van der Waals surface area contributed by atoms with E-state index in [-0.39, 0.29) is 5.41 Å². The molecule has 2 aromatic rings. The minimum Gasteiger partial charge on any atom is -0.204 e. The van der Waals surface area contributed by atoms with Crippen molar-refractivity contribution in [1.29, 1.82) is 0 Å². The molecule has 0 aliphatic rings. The average Bonchev–Trinajstić information content (AvgIpc) is 2.55. The fourth-order valence-corrected chi connectivity index (χ4v) is 3.31. The highest BCUT2D eigenvalue weighted by Crippen LogP contribution is 2.33. The van der Waals surface area contributed by atoms with Crippen molar-refractivity contribution in [2.24, 2.45) is 0 Å². The zero-order valence-corrected chi connectivity index (χ0v) is 16.1. The van der Waals surface area contributed by atoms with Crippen LogP contribution >= 0.6 is 23.4 Å². The van der Waals surface area contributed by atoms with E-state index in [2.05, 4.69) is 25.3 Å². The van der Waals surface area contributed by atoms with Crippen LogP contribution in [-0.2, 0) is 11.8 Å². The van der Waals surface area contributed by atoms with Crippen molar-refractivity contribution in [1.82, 2.24) is 0 Å². The van der Waals surface area contributed by atoms with Crippen LogP contribution in [0.2, 0.25) is 5.02 Å². The normalized spacial score (nSPS) is 13.1. The second-order valence-corrected chi connectivity index (χ2v) is 8.33. The highest BCUT2D eigenvalue weighted by molar-refractivity contribution is 7.98. The van der Waals surface area contributed by atoms with Crippen molar-refractivity contribution in [2.75, 3.05) is 6.26 Å². The fraction of sp³-hybridized carbons (Fsp3) is 0.400. The van der Waals surface area contributed by atoms with Gasteiger partial charge in [-0.15, -0.1) is 0 Å². The molecule has 1 unspecified atom stereocenters. The van der Waals surface area contributed by atoms with E-state index in [1.54, 1.807) is 17.8 Å². The van der Waals surface area contributed by atoms with Gasteiger partial charge in [0, 0.05) is 10.3 Å². The summed E-state index contributed by atoms with van der Waals surface area (Å²) in [5.41, 5.74) is 2.89. The van der Waals surface area contributed by atoms with Gasteiger partial charge in [0.15, 0.2) is 11.6 Å². The van der Waals surface area contributed by atoms with Gasteiger partial charge in [0.05, 0.1) is 0 Å². The summed E-state index contributed by atoms with van der Waals surface area (Å²) in [7, 11) is 0. The maximum Gasteiger partial charge on any atom is 0.159 e. The molecule has 1 atom stereocenters. The first-order valence-corrected chi connectivity index (χ1v) is 9.68. The molecule has 0 spiro atoms. The van der Waals surface area contributed by atoms with Crippen LogP contribution in [0.15, 0.2) is 36.4 Å². The van der Waals surface area contributed by atoms with Crippen molar-refractivity contribution in [3.8, 4) is 0 Å². The van der Waals surface area contributed by atoms with Gasteiger partial charge in [-0.3, -0.25) is 0 Å². The first kappa shape index (κ1) is 19.3. The highest BCUT2D eigenvalue weighted by atomic mass is 35.5. The quantitative estimate of drug-likeness (QED) is 0.531. The predicted molar refractivity (Wildman–Crippen MR) is 101 cm³/mol. The van der Waals surface area contributed by atoms with E-state index in [0.717, 1.165) is 29.0 Å². The molecular weight excluding hydrogens is 346 g/mol. The molecule has 130 valence electrons. The van der Waals surface area contributed by atoms with Crippen LogP contribution in [0.1, 0.15) is 49.1 Å². The number of aryl methyl sites for hydroxylation is 1. The lowest BCUT2D eigenvalue weighted by Gasteiger charge is -2.26. The van der Waals surface area contributed by atoms with Crippen molar-refractivity contribution in [2.45, 2.75) is 44.3 Å². The van der Waals surface area contributed by atoms with Crippen LogP contribution < -0.4 is 0 Å². The summed E-state index contributed by atoms with van der Waals surface area (Å²) in [5, 5.41) is 1.17. The first-order chi connectivity index (χ1) is 11.2. The van der Waals surface area contributed by atoms with E-state index in [1.807, 2.05) is 19.9 Å². The number of thioether (sulfide) groups is 1. The fourth-order valence-electron chi connectivity index (χ4n) is 2.68. The van der Waals surface area contributed by atoms with Crippen LogP contribution in [0, 0.1) is 11.6 Å². The second-order valence-electron chi connectivity index (χ2n) is 6.74. The summed E-state index contributed by atoms with van der Waals surface area (Å²) in [6.45, 7) is 6.26. The minimum absolute atomic E-state index is 0.265. The van der Waals surface area contributed by atoms with Crippen molar-refractivity contribution >= 4 is 23.4 Å². The first-order valence-electron chi connectivity index (χ1n) is 8.01. The molecule has 0 nitrogen and oxygen atoms in total. The van der Waals surface area contributed by atoms with E-state index >= 15 is 0 Å². The second kappa shape index (κ2) is 7.88. The third-order valence-corrected chi connectivity index (χ3v) is 5.96. The standard InChI is InChI=1S/C20H23ClF2S/c1-13(24-4)14-5-7-17(21)15(11-14)9-10-20(2,3)16-6-8-18(22)19(23)12-16/h5-8,11-13H,9-10H2,1-4H3. The van der Waals surface area contributed by atoms with E-state index in [4.69, 9.17) is 11.6 Å². The smallest absolute Gasteiger partial charge is 0.159 e. The molecule has 0 radical (unpaired) electrons. The summed E-state index contributed by atoms with van der Waals surface area (Å²) in [6.07, 6.45) is 3.68. The highest BCUT2D eigenvalue weighted by Gasteiger charge is 2.22. The Morgan fingerprint density at radius 2 is 1.79 bits per heavy atom. The molecule has 0 aromatic heterocycles. The Hall–Kier alpha value is -1.06. The van der Waals surface area contributed by atoms with Gasteiger partial charge < -0.3 is 0 Å². The Kier molecular flexibility index (Phi) is 6.33. The van der Waals surface area contributed by atoms with Gasteiger partial charge >= 0.3 is 0 Å². The third kappa shape index (κ3) is 4.52. The maximum atomic E-state index is 13.5. The zero-order valence-electron chi connectivity index (χ0n) is 14.5. The van der Waals surface area contributed by atoms with Crippen molar-refractivity contribution in [3.63, 3.8) is 0 Å². The van der Waals surface area contributed by atoms with Gasteiger partial charge in [-0.25, -0.2) is 8.78 Å². The Labute approximate surface area is 152 Å². The molecule has 2 rings (SSSR count). The average molecular weight is 369 g/mol. The summed E-state index contributed by atoms with van der Waals surface area (Å²) in [6, 6.07) is 10.3. The summed E-state index contributed by atoms with van der Waals surface area (Å²) < 4.78 is 26.7. The van der Waals surface area contributed by atoms with Crippen LogP contribution in [0.5, 0.6) is 0 Å². The minimum atomic E-state index is -0.809. The van der Waals surface area contributed by atoms with Crippen molar-refractivity contribution < 1.29 is 8.78 Å². The monoisotopic (exact) mass is 368 g/mol. The largest absolute Gasteiger partial charge is 0.204 e. The molecular formula is C20H23ClF2S. The Balaban J connectivity index is 2.18. The topological polar surface area (TPSA) is 0 Å². The van der Waals surface area contributed by atoms with E-state index < -0.39 is 11.6 Å². The number of benzene rings is 2. The van der Waals surface area contributed by atoms with Gasteiger partial charge in [-0.1, -0.05) is 43.6 Å². The number of halogens is 3. The van der Waals surface area contributed by atoms with Gasteiger partial charge in [-0.2, -0.15) is 11.8 Å². The van der Waals surface area contributed by atoms with E-state index in [1.165, 1.54) is 17.7 Å². The van der Waals surface area contributed by atoms with Gasteiger partial charge in [-0.05, 0) is 66.3 Å². The lowest BCUT2D eigenvalue weighted by Crippen LogP contribution is -2.18. The molecule has 0 aliphatic heterocycles. The zero-order chi connectivity index (χ0) is 17.9. The number of hydrogen-bond acceptors (Lipinski definition) is 1. The van der Waals surface area contributed by atoms with E-state index in [0.29, 0.717) is 5.25 Å². The Bertz CT molecular complexity index is 713. The molecule has 0 N–H and O–H groups in total. The molecule has 2 aromatic carbocycles. The molecule has 0 saturated carbocycles. The number of hydrogen-bond donors (Lipinski definition) is 0. The maximum absolute atomic E-state index is 13.5. The van der Waals surface area contributed by atoms with Crippen LogP contribution in [0.3, 0.4) is 0 Å². The van der Waals surface area contributed by atoms with Crippen molar-refractivity contribution in [3.05, 3.63) is 69.7 Å². The van der Waals surface area contributed by atoms with Crippen LogP contribution in [0.25, 0.3) is 0 Å². The molecule has 0 amide bonds. The van der Waals surface area contributed by atoms with Gasteiger partial charge in [0.25, 0.3) is 0 Å². The van der Waals surface area contributed by atoms with E-state index in [9.17, 15) is 8.78 Å². The van der Waals surface area contributed by atoms with Gasteiger partial charge in [0.2, 0.25) is 0 Å². The SMILES string of the molecule is CSC(C)c1ccc(Cl)c(CCC(C)(C)c2ccc(F)c(F)c2)c1. The molecule has 0 fully saturated rings.